The second kappa shape index (κ2) is 6.17. The number of carbonyl (C=O) groups is 1. The molecule has 0 aliphatic carbocycles. The molecule has 0 saturated carbocycles. The minimum Gasteiger partial charge on any atom is -0.481 e. The van der Waals surface area contributed by atoms with Crippen LogP contribution in [0.4, 0.5) is 11.4 Å². The molecule has 0 spiro atoms. The van der Waals surface area contributed by atoms with Crippen LogP contribution in [0.25, 0.3) is 10.9 Å². The molecular formula is C14H15N3O4. The molecule has 0 amide bonds. The largest absolute Gasteiger partial charge is 0.481 e. The summed E-state index contributed by atoms with van der Waals surface area (Å²) in [5.41, 5.74) is 1.06. The van der Waals surface area contributed by atoms with E-state index in [2.05, 4.69) is 4.98 Å². The van der Waals surface area contributed by atoms with E-state index in [4.69, 9.17) is 5.11 Å². The number of nitrogens with zero attached hydrogens (tertiary/aromatic N) is 3. The topological polar surface area (TPSA) is 96.6 Å². The Balaban J connectivity index is 2.41. The zero-order valence-corrected chi connectivity index (χ0v) is 11.5. The lowest BCUT2D eigenvalue weighted by atomic mass is 10.1. The van der Waals surface area contributed by atoms with Crippen molar-refractivity contribution in [3.63, 3.8) is 0 Å². The number of pyridine rings is 1. The number of rotatable bonds is 6. The normalized spacial score (nSPS) is 10.5. The Kier molecular flexibility index (Phi) is 4.32. The van der Waals surface area contributed by atoms with E-state index in [9.17, 15) is 14.9 Å². The second-order valence-corrected chi connectivity index (χ2v) is 4.69. The highest BCUT2D eigenvalue weighted by molar-refractivity contribution is 5.96. The van der Waals surface area contributed by atoms with E-state index in [-0.39, 0.29) is 12.1 Å². The average molecular weight is 289 g/mol. The van der Waals surface area contributed by atoms with Gasteiger partial charge < -0.3 is 10.0 Å². The maximum Gasteiger partial charge on any atom is 0.311 e. The van der Waals surface area contributed by atoms with Gasteiger partial charge in [-0.05, 0) is 12.5 Å². The molecule has 0 aliphatic rings. The summed E-state index contributed by atoms with van der Waals surface area (Å²) in [6.07, 6.45) is 1.69. The van der Waals surface area contributed by atoms with Crippen molar-refractivity contribution in [2.75, 3.05) is 18.5 Å². The van der Waals surface area contributed by atoms with E-state index in [0.29, 0.717) is 29.6 Å². The molecule has 1 aromatic carbocycles. The Bertz CT molecular complexity index is 687. The van der Waals surface area contributed by atoms with Crippen molar-refractivity contribution in [1.82, 2.24) is 4.98 Å². The van der Waals surface area contributed by atoms with Crippen LogP contribution >= 0.6 is 0 Å². The van der Waals surface area contributed by atoms with E-state index in [0.717, 1.165) is 0 Å². The second-order valence-electron chi connectivity index (χ2n) is 4.69. The summed E-state index contributed by atoms with van der Waals surface area (Å²) in [5.74, 6) is -0.877. The number of carboxylic acid groups (broad SMARTS) is 1. The molecule has 0 unspecified atom stereocenters. The van der Waals surface area contributed by atoms with Gasteiger partial charge in [-0.3, -0.25) is 14.9 Å². The van der Waals surface area contributed by atoms with E-state index < -0.39 is 10.9 Å². The first-order valence-corrected chi connectivity index (χ1v) is 6.45. The number of aromatic nitrogens is 1. The number of carboxylic acids is 1. The first kappa shape index (κ1) is 14.7. The number of anilines is 1. The van der Waals surface area contributed by atoms with E-state index in [1.807, 2.05) is 6.07 Å². The lowest BCUT2D eigenvalue weighted by Gasteiger charge is -2.20. The van der Waals surface area contributed by atoms with E-state index in [1.165, 1.54) is 6.20 Å². The maximum absolute atomic E-state index is 11.2. The number of para-hydroxylation sites is 1. The molecule has 21 heavy (non-hydrogen) atoms. The summed E-state index contributed by atoms with van der Waals surface area (Å²) in [7, 11) is 1.72. The Morgan fingerprint density at radius 1 is 1.43 bits per heavy atom. The van der Waals surface area contributed by atoms with Gasteiger partial charge in [-0.15, -0.1) is 0 Å². The smallest absolute Gasteiger partial charge is 0.311 e. The third-order valence-corrected chi connectivity index (χ3v) is 3.19. The van der Waals surface area contributed by atoms with Gasteiger partial charge in [0.15, 0.2) is 0 Å². The van der Waals surface area contributed by atoms with Crippen LogP contribution in [0.15, 0.2) is 30.5 Å². The summed E-state index contributed by atoms with van der Waals surface area (Å²) in [6, 6.07) is 7.17. The molecule has 2 rings (SSSR count). The molecular weight excluding hydrogens is 274 g/mol. The Morgan fingerprint density at radius 2 is 2.14 bits per heavy atom. The molecule has 1 aromatic heterocycles. The van der Waals surface area contributed by atoms with Crippen LogP contribution in [-0.4, -0.2) is 34.6 Å². The molecule has 110 valence electrons. The highest BCUT2D eigenvalue weighted by Gasteiger charge is 2.21. The number of nitro groups is 1. The van der Waals surface area contributed by atoms with Crippen LogP contribution < -0.4 is 4.90 Å². The van der Waals surface area contributed by atoms with Crippen molar-refractivity contribution < 1.29 is 14.8 Å². The summed E-state index contributed by atoms with van der Waals surface area (Å²) in [5, 5.41) is 20.6. The van der Waals surface area contributed by atoms with Gasteiger partial charge in [0.05, 0.1) is 10.4 Å². The molecule has 7 heteroatoms. The Hall–Kier alpha value is -2.70. The van der Waals surface area contributed by atoms with Gasteiger partial charge in [0, 0.05) is 25.4 Å². The van der Waals surface area contributed by atoms with Gasteiger partial charge in [-0.1, -0.05) is 18.2 Å². The monoisotopic (exact) mass is 289 g/mol. The number of aliphatic carboxylic acids is 1. The van der Waals surface area contributed by atoms with Crippen LogP contribution in [0.3, 0.4) is 0 Å². The molecule has 0 radical (unpaired) electrons. The summed E-state index contributed by atoms with van der Waals surface area (Å²) < 4.78 is 0. The van der Waals surface area contributed by atoms with Gasteiger partial charge in [0.2, 0.25) is 0 Å². The number of benzene rings is 1. The first-order valence-electron chi connectivity index (χ1n) is 6.45. The fraction of sp³-hybridized carbons (Fsp3) is 0.286. The Morgan fingerprint density at radius 3 is 2.81 bits per heavy atom. The first-order chi connectivity index (χ1) is 10.0. The molecule has 0 atom stereocenters. The highest BCUT2D eigenvalue weighted by atomic mass is 16.6. The summed E-state index contributed by atoms with van der Waals surface area (Å²) in [4.78, 5) is 27.1. The fourth-order valence-electron chi connectivity index (χ4n) is 2.23. The molecule has 0 bridgehead atoms. The van der Waals surface area contributed by atoms with Gasteiger partial charge in [0.1, 0.15) is 11.9 Å². The van der Waals surface area contributed by atoms with Crippen molar-refractivity contribution in [3.05, 3.63) is 40.6 Å². The van der Waals surface area contributed by atoms with Crippen LogP contribution in [-0.2, 0) is 4.79 Å². The molecule has 0 saturated heterocycles. The van der Waals surface area contributed by atoms with Crippen molar-refractivity contribution in [3.8, 4) is 0 Å². The molecule has 0 fully saturated rings. The Labute approximate surface area is 121 Å². The van der Waals surface area contributed by atoms with Crippen LogP contribution in [0, 0.1) is 10.1 Å². The van der Waals surface area contributed by atoms with Crippen molar-refractivity contribution in [2.24, 2.45) is 0 Å². The summed E-state index contributed by atoms with van der Waals surface area (Å²) in [6.45, 7) is 0.418. The predicted octanol–water partition coefficient (Wildman–Crippen LogP) is 2.44. The van der Waals surface area contributed by atoms with Crippen LogP contribution in [0.2, 0.25) is 0 Å². The van der Waals surface area contributed by atoms with Crippen molar-refractivity contribution >= 4 is 28.2 Å². The maximum atomic E-state index is 11.2. The minimum absolute atomic E-state index is 0.0289. The minimum atomic E-state index is -0.877. The van der Waals surface area contributed by atoms with Gasteiger partial charge in [-0.2, -0.15) is 0 Å². The van der Waals surface area contributed by atoms with Gasteiger partial charge in [-0.25, -0.2) is 4.98 Å². The lowest BCUT2D eigenvalue weighted by molar-refractivity contribution is -0.384. The molecule has 1 N–H and O–H groups in total. The predicted molar refractivity (Wildman–Crippen MR) is 78.5 cm³/mol. The zero-order valence-electron chi connectivity index (χ0n) is 11.5. The average Bonchev–Trinajstić information content (AvgIpc) is 2.45. The van der Waals surface area contributed by atoms with Crippen LogP contribution in [0.1, 0.15) is 12.8 Å². The number of hydrogen-bond donors (Lipinski definition) is 1. The van der Waals surface area contributed by atoms with Gasteiger partial charge in [0.25, 0.3) is 0 Å². The summed E-state index contributed by atoms with van der Waals surface area (Å²) >= 11 is 0. The fourth-order valence-corrected chi connectivity index (χ4v) is 2.23. The quantitative estimate of drug-likeness (QED) is 0.648. The SMILES string of the molecule is CN(CCCC(=O)O)c1c([N+](=O)[O-])cnc2ccccc12. The zero-order chi connectivity index (χ0) is 15.4. The van der Waals surface area contributed by atoms with E-state index >= 15 is 0 Å². The molecule has 1 heterocycles. The van der Waals surface area contributed by atoms with Crippen molar-refractivity contribution in [2.45, 2.75) is 12.8 Å². The highest BCUT2D eigenvalue weighted by Crippen LogP contribution is 2.34. The van der Waals surface area contributed by atoms with Crippen LogP contribution in [0.5, 0.6) is 0 Å². The molecule has 0 aliphatic heterocycles. The number of fused-ring (bicyclic) bond motifs is 1. The van der Waals surface area contributed by atoms with E-state index in [1.54, 1.807) is 30.1 Å². The third-order valence-electron chi connectivity index (χ3n) is 3.19. The van der Waals surface area contributed by atoms with Crippen molar-refractivity contribution in [1.29, 1.82) is 0 Å². The van der Waals surface area contributed by atoms with Gasteiger partial charge >= 0.3 is 11.7 Å². The molecule has 2 aromatic rings. The number of hydrogen-bond acceptors (Lipinski definition) is 5. The third kappa shape index (κ3) is 3.25. The standard InChI is InChI=1S/C14H15N3O4/c1-16(8-4-7-13(18)19)14-10-5-2-3-6-11(10)15-9-12(14)17(20)21/h2-3,5-6,9H,4,7-8H2,1H3,(H,18,19). The lowest BCUT2D eigenvalue weighted by Crippen LogP contribution is -2.21. The molecule has 7 nitrogen and oxygen atoms in total.